The zero-order valence-corrected chi connectivity index (χ0v) is 15.8. The van der Waals surface area contributed by atoms with Crippen LogP contribution in [0, 0.1) is 6.92 Å². The molecule has 1 amide bonds. The lowest BCUT2D eigenvalue weighted by molar-refractivity contribution is 0.0761. The molecule has 1 fully saturated rings. The van der Waals surface area contributed by atoms with Crippen LogP contribution in [0.4, 0.5) is 0 Å². The fourth-order valence-electron chi connectivity index (χ4n) is 3.71. The quantitative estimate of drug-likeness (QED) is 0.711. The number of pyridine rings is 2. The Morgan fingerprint density at radius 1 is 1.15 bits per heavy atom. The predicted octanol–water partition coefficient (Wildman–Crippen LogP) is 2.02. The van der Waals surface area contributed by atoms with Gasteiger partial charge in [0.2, 0.25) is 0 Å². The van der Waals surface area contributed by atoms with Crippen LogP contribution < -0.4 is 0 Å². The van der Waals surface area contributed by atoms with Gasteiger partial charge in [0.15, 0.2) is 5.65 Å². The fraction of sp³-hybridized carbons (Fsp3) is 0.400. The van der Waals surface area contributed by atoms with E-state index in [1.807, 2.05) is 29.7 Å². The van der Waals surface area contributed by atoms with Gasteiger partial charge in [0.1, 0.15) is 0 Å². The van der Waals surface area contributed by atoms with Gasteiger partial charge in [0.05, 0.1) is 5.69 Å². The third-order valence-corrected chi connectivity index (χ3v) is 5.13. The molecule has 0 saturated carbocycles. The Morgan fingerprint density at radius 2 is 1.96 bits per heavy atom. The van der Waals surface area contributed by atoms with Crippen LogP contribution in [0.1, 0.15) is 28.0 Å². The van der Waals surface area contributed by atoms with Crippen LogP contribution in [-0.4, -0.2) is 61.6 Å². The van der Waals surface area contributed by atoms with E-state index in [9.17, 15) is 4.79 Å². The van der Waals surface area contributed by atoms with Crippen molar-refractivity contribution in [3.8, 4) is 0 Å². The minimum absolute atomic E-state index is 0.0910. The summed E-state index contributed by atoms with van der Waals surface area (Å²) >= 11 is 0. The van der Waals surface area contributed by atoms with E-state index in [-0.39, 0.29) is 5.91 Å². The molecule has 27 heavy (non-hydrogen) atoms. The first-order valence-electron chi connectivity index (χ1n) is 9.32. The summed E-state index contributed by atoms with van der Waals surface area (Å²) in [5.41, 5.74) is 3.82. The van der Waals surface area contributed by atoms with Gasteiger partial charge in [0.25, 0.3) is 5.91 Å². The molecular formula is C20H24N6O. The standard InChI is InChI=1S/C20H24N6O/c1-15-18-12-16(13-22-19(18)24(2)23-15)14-25-8-3-9-26(11-10-25)20(27)17-4-6-21-7-5-17/h4-7,12-13H,3,8-11,14H2,1-2H3. The second-order valence-electron chi connectivity index (χ2n) is 7.08. The first-order chi connectivity index (χ1) is 13.1. The maximum atomic E-state index is 12.7. The molecule has 0 N–H and O–H groups in total. The number of hydrogen-bond donors (Lipinski definition) is 0. The number of carbonyl (C=O) groups excluding carboxylic acids is 1. The molecule has 3 aromatic rings. The third-order valence-electron chi connectivity index (χ3n) is 5.13. The Balaban J connectivity index is 1.43. The molecule has 7 nitrogen and oxygen atoms in total. The molecule has 0 spiro atoms. The molecular weight excluding hydrogens is 340 g/mol. The first kappa shape index (κ1) is 17.6. The van der Waals surface area contributed by atoms with Gasteiger partial charge in [-0.05, 0) is 37.1 Å². The summed E-state index contributed by atoms with van der Waals surface area (Å²) in [4.78, 5) is 25.6. The number of carbonyl (C=O) groups is 1. The van der Waals surface area contributed by atoms with Gasteiger partial charge in [-0.1, -0.05) is 0 Å². The highest BCUT2D eigenvalue weighted by molar-refractivity contribution is 5.94. The van der Waals surface area contributed by atoms with Crippen LogP contribution in [0.2, 0.25) is 0 Å². The van der Waals surface area contributed by atoms with Gasteiger partial charge in [-0.2, -0.15) is 5.10 Å². The van der Waals surface area contributed by atoms with Crippen molar-refractivity contribution in [3.63, 3.8) is 0 Å². The minimum Gasteiger partial charge on any atom is -0.337 e. The monoisotopic (exact) mass is 364 g/mol. The van der Waals surface area contributed by atoms with Crippen LogP contribution in [0.3, 0.4) is 0 Å². The smallest absolute Gasteiger partial charge is 0.254 e. The molecule has 140 valence electrons. The topological polar surface area (TPSA) is 67.2 Å². The van der Waals surface area contributed by atoms with Gasteiger partial charge in [-0.25, -0.2) is 4.98 Å². The summed E-state index contributed by atoms with van der Waals surface area (Å²) in [6.07, 6.45) is 6.24. The maximum absolute atomic E-state index is 12.7. The molecule has 0 aromatic carbocycles. The van der Waals surface area contributed by atoms with Crippen molar-refractivity contribution >= 4 is 16.9 Å². The SMILES string of the molecule is Cc1nn(C)c2ncc(CN3CCCN(C(=O)c4ccncc4)CC3)cc12. The highest BCUT2D eigenvalue weighted by atomic mass is 16.2. The summed E-state index contributed by atoms with van der Waals surface area (Å²) < 4.78 is 1.82. The average molecular weight is 364 g/mol. The van der Waals surface area contributed by atoms with Crippen LogP contribution >= 0.6 is 0 Å². The molecule has 0 aliphatic carbocycles. The summed E-state index contributed by atoms with van der Waals surface area (Å²) in [6.45, 7) is 6.22. The normalized spacial score (nSPS) is 15.9. The number of aromatic nitrogens is 4. The molecule has 7 heteroatoms. The largest absolute Gasteiger partial charge is 0.337 e. The highest BCUT2D eigenvalue weighted by Crippen LogP contribution is 2.18. The lowest BCUT2D eigenvalue weighted by atomic mass is 10.2. The number of fused-ring (bicyclic) bond motifs is 1. The Bertz CT molecular complexity index is 952. The van der Waals surface area contributed by atoms with E-state index in [0.717, 1.165) is 55.9 Å². The van der Waals surface area contributed by atoms with E-state index in [1.165, 1.54) is 5.56 Å². The third kappa shape index (κ3) is 3.68. The summed E-state index contributed by atoms with van der Waals surface area (Å²) in [7, 11) is 1.92. The van der Waals surface area contributed by atoms with Crippen molar-refractivity contribution < 1.29 is 4.79 Å². The average Bonchev–Trinajstić information content (AvgIpc) is 2.85. The van der Waals surface area contributed by atoms with Crippen molar-refractivity contribution in [1.82, 2.24) is 29.5 Å². The molecule has 3 aromatic heterocycles. The summed E-state index contributed by atoms with van der Waals surface area (Å²) in [5.74, 6) is 0.0910. The molecule has 1 saturated heterocycles. The molecule has 0 radical (unpaired) electrons. The molecule has 4 heterocycles. The van der Waals surface area contributed by atoms with Crippen molar-refractivity contribution in [2.45, 2.75) is 19.9 Å². The van der Waals surface area contributed by atoms with Gasteiger partial charge < -0.3 is 4.90 Å². The van der Waals surface area contributed by atoms with Crippen molar-refractivity contribution in [2.75, 3.05) is 26.2 Å². The zero-order valence-electron chi connectivity index (χ0n) is 15.8. The van der Waals surface area contributed by atoms with E-state index in [1.54, 1.807) is 24.5 Å². The maximum Gasteiger partial charge on any atom is 0.254 e. The lowest BCUT2D eigenvalue weighted by Gasteiger charge is -2.22. The molecule has 0 unspecified atom stereocenters. The highest BCUT2D eigenvalue weighted by Gasteiger charge is 2.20. The number of nitrogens with zero attached hydrogens (tertiary/aromatic N) is 6. The Morgan fingerprint density at radius 3 is 2.78 bits per heavy atom. The van der Waals surface area contributed by atoms with E-state index < -0.39 is 0 Å². The van der Waals surface area contributed by atoms with E-state index in [4.69, 9.17) is 0 Å². The predicted molar refractivity (Wildman–Crippen MR) is 103 cm³/mol. The first-order valence-corrected chi connectivity index (χ1v) is 9.32. The second-order valence-corrected chi connectivity index (χ2v) is 7.08. The Labute approximate surface area is 158 Å². The van der Waals surface area contributed by atoms with Crippen molar-refractivity contribution in [1.29, 1.82) is 0 Å². The Hall–Kier alpha value is -2.80. The van der Waals surface area contributed by atoms with E-state index in [2.05, 4.69) is 26.0 Å². The zero-order chi connectivity index (χ0) is 18.8. The summed E-state index contributed by atoms with van der Waals surface area (Å²) in [6, 6.07) is 5.75. The van der Waals surface area contributed by atoms with Gasteiger partial charge in [-0.15, -0.1) is 0 Å². The molecule has 0 atom stereocenters. The van der Waals surface area contributed by atoms with Crippen molar-refractivity contribution in [2.24, 2.45) is 7.05 Å². The van der Waals surface area contributed by atoms with Crippen LogP contribution in [0.5, 0.6) is 0 Å². The van der Waals surface area contributed by atoms with Gasteiger partial charge in [-0.3, -0.25) is 19.4 Å². The van der Waals surface area contributed by atoms with Crippen LogP contribution in [-0.2, 0) is 13.6 Å². The second kappa shape index (κ2) is 7.44. The van der Waals surface area contributed by atoms with Gasteiger partial charge in [0, 0.05) is 69.3 Å². The summed E-state index contributed by atoms with van der Waals surface area (Å²) in [5, 5.41) is 5.55. The number of hydrogen-bond acceptors (Lipinski definition) is 5. The number of amides is 1. The number of rotatable bonds is 3. The number of aryl methyl sites for hydroxylation is 2. The fourth-order valence-corrected chi connectivity index (χ4v) is 3.71. The molecule has 4 rings (SSSR count). The van der Waals surface area contributed by atoms with Crippen LogP contribution in [0.25, 0.3) is 11.0 Å². The van der Waals surface area contributed by atoms with E-state index >= 15 is 0 Å². The minimum atomic E-state index is 0.0910. The molecule has 0 bridgehead atoms. The Kier molecular flexibility index (Phi) is 4.85. The van der Waals surface area contributed by atoms with Gasteiger partial charge >= 0.3 is 0 Å². The molecule has 1 aliphatic rings. The van der Waals surface area contributed by atoms with E-state index in [0.29, 0.717) is 5.56 Å². The lowest BCUT2D eigenvalue weighted by Crippen LogP contribution is -2.35. The molecule has 1 aliphatic heterocycles. The van der Waals surface area contributed by atoms with Crippen molar-refractivity contribution in [3.05, 3.63) is 53.6 Å². The van der Waals surface area contributed by atoms with Crippen LogP contribution in [0.15, 0.2) is 36.8 Å².